The standard InChI is InChI=1S/C14H20N4O2/c1-3-18-9-11(10(2)15-18)12-8-13(20-16-12)14(19)17-6-4-5-7-17/h9,13H,3-8H2,1-2H3. The maximum Gasteiger partial charge on any atom is 0.266 e. The van der Waals surface area contributed by atoms with Gasteiger partial charge in [-0.3, -0.25) is 9.48 Å². The van der Waals surface area contributed by atoms with Gasteiger partial charge in [0, 0.05) is 37.8 Å². The lowest BCUT2D eigenvalue weighted by Crippen LogP contribution is -2.37. The topological polar surface area (TPSA) is 59.7 Å². The van der Waals surface area contributed by atoms with Crippen LogP contribution < -0.4 is 0 Å². The van der Waals surface area contributed by atoms with Gasteiger partial charge < -0.3 is 9.74 Å². The smallest absolute Gasteiger partial charge is 0.266 e. The van der Waals surface area contributed by atoms with E-state index in [1.807, 2.05) is 29.6 Å². The average Bonchev–Trinajstić information content (AvgIpc) is 3.18. The molecule has 2 aliphatic rings. The number of carbonyl (C=O) groups is 1. The van der Waals surface area contributed by atoms with Crippen molar-refractivity contribution in [3.8, 4) is 0 Å². The van der Waals surface area contributed by atoms with Crippen molar-refractivity contribution in [1.82, 2.24) is 14.7 Å². The van der Waals surface area contributed by atoms with Gasteiger partial charge in [-0.1, -0.05) is 5.16 Å². The van der Waals surface area contributed by atoms with Gasteiger partial charge in [-0.25, -0.2) is 0 Å². The molecule has 1 aromatic heterocycles. The molecule has 20 heavy (non-hydrogen) atoms. The molecule has 3 rings (SSSR count). The molecule has 6 nitrogen and oxygen atoms in total. The second kappa shape index (κ2) is 5.26. The fourth-order valence-corrected chi connectivity index (χ4v) is 2.77. The Labute approximate surface area is 118 Å². The van der Waals surface area contributed by atoms with E-state index < -0.39 is 6.10 Å². The third kappa shape index (κ3) is 2.30. The average molecular weight is 276 g/mol. The molecule has 1 amide bonds. The van der Waals surface area contributed by atoms with Gasteiger partial charge in [0.2, 0.25) is 6.10 Å². The first-order chi connectivity index (χ1) is 9.69. The van der Waals surface area contributed by atoms with Crippen LogP contribution in [0.5, 0.6) is 0 Å². The summed E-state index contributed by atoms with van der Waals surface area (Å²) < 4.78 is 1.88. The molecule has 1 fully saturated rings. The van der Waals surface area contributed by atoms with Crippen LogP contribution in [0.2, 0.25) is 0 Å². The van der Waals surface area contributed by atoms with E-state index in [9.17, 15) is 4.79 Å². The molecular weight excluding hydrogens is 256 g/mol. The van der Waals surface area contributed by atoms with Crippen LogP contribution in [-0.4, -0.2) is 45.5 Å². The number of aromatic nitrogens is 2. The van der Waals surface area contributed by atoms with E-state index in [-0.39, 0.29) is 5.91 Å². The van der Waals surface area contributed by atoms with Gasteiger partial charge in [0.1, 0.15) is 0 Å². The van der Waals surface area contributed by atoms with E-state index in [1.165, 1.54) is 0 Å². The minimum Gasteiger partial charge on any atom is -0.382 e. The van der Waals surface area contributed by atoms with E-state index >= 15 is 0 Å². The highest BCUT2D eigenvalue weighted by Crippen LogP contribution is 2.21. The summed E-state index contributed by atoms with van der Waals surface area (Å²) in [5.41, 5.74) is 2.76. The number of nitrogens with zero attached hydrogens (tertiary/aromatic N) is 4. The number of rotatable bonds is 3. The van der Waals surface area contributed by atoms with Gasteiger partial charge >= 0.3 is 0 Å². The zero-order chi connectivity index (χ0) is 14.1. The molecule has 1 saturated heterocycles. The molecule has 108 valence electrons. The number of amides is 1. The van der Waals surface area contributed by atoms with Crippen LogP contribution in [0.15, 0.2) is 11.4 Å². The molecule has 1 unspecified atom stereocenters. The maximum absolute atomic E-state index is 12.3. The molecule has 1 aromatic rings. The Morgan fingerprint density at radius 2 is 2.20 bits per heavy atom. The van der Waals surface area contributed by atoms with E-state index in [4.69, 9.17) is 4.84 Å². The Kier molecular flexibility index (Phi) is 3.46. The van der Waals surface area contributed by atoms with Crippen molar-refractivity contribution in [1.29, 1.82) is 0 Å². The number of aryl methyl sites for hydroxylation is 2. The summed E-state index contributed by atoms with van der Waals surface area (Å²) in [5, 5.41) is 8.51. The van der Waals surface area contributed by atoms with Crippen molar-refractivity contribution in [3.63, 3.8) is 0 Å². The second-order valence-electron chi connectivity index (χ2n) is 5.35. The number of hydrogen-bond donors (Lipinski definition) is 0. The Hall–Kier alpha value is -1.85. The predicted octanol–water partition coefficient (Wildman–Crippen LogP) is 1.33. The van der Waals surface area contributed by atoms with Crippen LogP contribution in [-0.2, 0) is 16.2 Å². The highest BCUT2D eigenvalue weighted by molar-refractivity contribution is 6.04. The van der Waals surface area contributed by atoms with Crippen LogP contribution in [0.4, 0.5) is 0 Å². The zero-order valence-corrected chi connectivity index (χ0v) is 12.0. The summed E-state index contributed by atoms with van der Waals surface area (Å²) in [4.78, 5) is 19.5. The Morgan fingerprint density at radius 1 is 1.45 bits per heavy atom. The molecule has 0 aromatic carbocycles. The normalized spacial score (nSPS) is 22.0. The van der Waals surface area contributed by atoms with Crippen molar-refractivity contribution >= 4 is 11.6 Å². The van der Waals surface area contributed by atoms with Gasteiger partial charge in [0.05, 0.1) is 11.4 Å². The SMILES string of the molecule is CCn1cc(C2=NOC(C(=O)N3CCCC3)C2)c(C)n1. The summed E-state index contributed by atoms with van der Waals surface area (Å²) in [6.07, 6.45) is 4.25. The first-order valence-corrected chi connectivity index (χ1v) is 7.25. The number of likely N-dealkylation sites (tertiary alicyclic amines) is 1. The quantitative estimate of drug-likeness (QED) is 0.836. The van der Waals surface area contributed by atoms with E-state index in [2.05, 4.69) is 10.3 Å². The molecule has 3 heterocycles. The number of hydrogen-bond acceptors (Lipinski definition) is 4. The summed E-state index contributed by atoms with van der Waals surface area (Å²) in [5.74, 6) is 0.0711. The van der Waals surface area contributed by atoms with Gasteiger partial charge in [0.25, 0.3) is 5.91 Å². The molecule has 1 atom stereocenters. The minimum atomic E-state index is -0.451. The first kappa shape index (κ1) is 13.1. The number of oxime groups is 1. The van der Waals surface area contributed by atoms with E-state index in [0.717, 1.165) is 49.4 Å². The maximum atomic E-state index is 12.3. The fourth-order valence-electron chi connectivity index (χ4n) is 2.77. The summed E-state index contributed by atoms with van der Waals surface area (Å²) in [6, 6.07) is 0. The van der Waals surface area contributed by atoms with Gasteiger partial charge in [-0.15, -0.1) is 0 Å². The lowest BCUT2D eigenvalue weighted by Gasteiger charge is -2.18. The highest BCUT2D eigenvalue weighted by Gasteiger charge is 2.34. The van der Waals surface area contributed by atoms with Crippen molar-refractivity contribution in [2.75, 3.05) is 13.1 Å². The lowest BCUT2D eigenvalue weighted by atomic mass is 10.1. The van der Waals surface area contributed by atoms with Gasteiger partial charge in [-0.05, 0) is 26.7 Å². The van der Waals surface area contributed by atoms with Gasteiger partial charge in [0.15, 0.2) is 0 Å². The molecule has 0 radical (unpaired) electrons. The molecule has 0 saturated carbocycles. The first-order valence-electron chi connectivity index (χ1n) is 7.25. The summed E-state index contributed by atoms with van der Waals surface area (Å²) in [7, 11) is 0. The molecule has 0 spiro atoms. The van der Waals surface area contributed by atoms with E-state index in [1.54, 1.807) is 0 Å². The monoisotopic (exact) mass is 276 g/mol. The largest absolute Gasteiger partial charge is 0.382 e. The Balaban J connectivity index is 1.69. The van der Waals surface area contributed by atoms with E-state index in [0.29, 0.717) is 6.42 Å². The molecule has 6 heteroatoms. The molecule has 0 aliphatic carbocycles. The second-order valence-corrected chi connectivity index (χ2v) is 5.35. The Bertz CT molecular complexity index is 543. The van der Waals surface area contributed by atoms with Crippen LogP contribution >= 0.6 is 0 Å². The third-order valence-electron chi connectivity index (χ3n) is 3.94. The van der Waals surface area contributed by atoms with Crippen molar-refractivity contribution in [3.05, 3.63) is 17.5 Å². The van der Waals surface area contributed by atoms with Crippen LogP contribution in [0.3, 0.4) is 0 Å². The summed E-state index contributed by atoms with van der Waals surface area (Å²) >= 11 is 0. The highest BCUT2D eigenvalue weighted by atomic mass is 16.6. The number of carbonyl (C=O) groups excluding carboxylic acids is 1. The van der Waals surface area contributed by atoms with Gasteiger partial charge in [-0.2, -0.15) is 5.10 Å². The third-order valence-corrected chi connectivity index (χ3v) is 3.94. The predicted molar refractivity (Wildman–Crippen MR) is 74.5 cm³/mol. The lowest BCUT2D eigenvalue weighted by molar-refractivity contribution is -0.140. The molecule has 0 bridgehead atoms. The van der Waals surface area contributed by atoms with Crippen LogP contribution in [0, 0.1) is 6.92 Å². The molecule has 0 N–H and O–H groups in total. The molecule has 2 aliphatic heterocycles. The molecular formula is C14H20N4O2. The van der Waals surface area contributed by atoms with Crippen LogP contribution in [0.1, 0.15) is 37.4 Å². The van der Waals surface area contributed by atoms with Crippen molar-refractivity contribution in [2.24, 2.45) is 5.16 Å². The fraction of sp³-hybridized carbons (Fsp3) is 0.643. The van der Waals surface area contributed by atoms with Crippen molar-refractivity contribution in [2.45, 2.75) is 45.8 Å². The Morgan fingerprint density at radius 3 is 2.85 bits per heavy atom. The zero-order valence-electron chi connectivity index (χ0n) is 12.0. The van der Waals surface area contributed by atoms with Crippen LogP contribution in [0.25, 0.3) is 0 Å². The minimum absolute atomic E-state index is 0.0711. The summed E-state index contributed by atoms with van der Waals surface area (Å²) in [6.45, 7) is 6.52. The van der Waals surface area contributed by atoms with Crippen molar-refractivity contribution < 1.29 is 9.63 Å².